The van der Waals surface area contributed by atoms with E-state index in [2.05, 4.69) is 0 Å². The van der Waals surface area contributed by atoms with Gasteiger partial charge < -0.3 is 19.3 Å². The molecule has 156 valence electrons. The van der Waals surface area contributed by atoms with E-state index in [0.717, 1.165) is 17.5 Å². The molecule has 1 heterocycles. The van der Waals surface area contributed by atoms with Crippen LogP contribution in [-0.2, 0) is 4.79 Å². The predicted octanol–water partition coefficient (Wildman–Crippen LogP) is 4.66. The fraction of sp³-hybridized carbons (Fsp3) is 0.381. The molecule has 1 N–H and O–H groups in total. The van der Waals surface area contributed by atoms with Crippen molar-refractivity contribution in [2.75, 3.05) is 27.9 Å². The molecule has 0 amide bonds. The number of carboxylic acid groups (broad SMARTS) is 1. The van der Waals surface area contributed by atoms with Gasteiger partial charge in [0, 0.05) is 18.2 Å². The molecule has 3 rings (SSSR count). The van der Waals surface area contributed by atoms with Crippen LogP contribution in [0.2, 0.25) is 10.0 Å². The molecule has 2 aromatic carbocycles. The molecule has 0 spiro atoms. The number of ether oxygens (including phenoxy) is 3. The molecule has 0 saturated carbocycles. The number of rotatable bonds is 7. The molecule has 1 saturated heterocycles. The Morgan fingerprint density at radius 2 is 1.69 bits per heavy atom. The topological polar surface area (TPSA) is 68.2 Å². The molecule has 1 aliphatic heterocycles. The third-order valence-electron chi connectivity index (χ3n) is 5.20. The average molecular weight is 440 g/mol. The summed E-state index contributed by atoms with van der Waals surface area (Å²) >= 11 is 12.4. The molecule has 2 atom stereocenters. The minimum atomic E-state index is -0.855. The van der Waals surface area contributed by atoms with Gasteiger partial charge in [-0.25, -0.2) is 0 Å². The molecule has 8 heteroatoms. The zero-order valence-corrected chi connectivity index (χ0v) is 18.0. The van der Waals surface area contributed by atoms with E-state index in [1.807, 2.05) is 17.0 Å². The number of hydrogen-bond donors (Lipinski definition) is 1. The van der Waals surface area contributed by atoms with Gasteiger partial charge in [-0.3, -0.25) is 9.69 Å². The lowest BCUT2D eigenvalue weighted by Crippen LogP contribution is -2.39. The van der Waals surface area contributed by atoms with Gasteiger partial charge in [-0.1, -0.05) is 29.3 Å². The van der Waals surface area contributed by atoms with E-state index in [9.17, 15) is 9.90 Å². The predicted molar refractivity (Wildman–Crippen MR) is 112 cm³/mol. The van der Waals surface area contributed by atoms with Crippen LogP contribution in [0.3, 0.4) is 0 Å². The van der Waals surface area contributed by atoms with Crippen LogP contribution in [0.1, 0.15) is 30.0 Å². The van der Waals surface area contributed by atoms with Gasteiger partial charge >= 0.3 is 5.97 Å². The largest absolute Gasteiger partial charge is 0.496 e. The number of carboxylic acids is 1. The van der Waals surface area contributed by atoms with Gasteiger partial charge in [0.2, 0.25) is 0 Å². The Labute approximate surface area is 179 Å². The van der Waals surface area contributed by atoms with E-state index < -0.39 is 18.1 Å². The Kier molecular flexibility index (Phi) is 6.77. The molecule has 2 aromatic rings. The van der Waals surface area contributed by atoms with Crippen LogP contribution >= 0.6 is 23.2 Å². The van der Waals surface area contributed by atoms with Crippen molar-refractivity contribution in [1.82, 2.24) is 4.90 Å². The molecule has 0 aromatic heterocycles. The van der Waals surface area contributed by atoms with E-state index in [-0.39, 0.29) is 0 Å². The number of aliphatic carboxylic acids is 1. The van der Waals surface area contributed by atoms with E-state index in [1.165, 1.54) is 0 Å². The number of nitrogens with zero attached hydrogens (tertiary/aromatic N) is 1. The normalized spacial score (nSPS) is 17.8. The fourth-order valence-corrected chi connectivity index (χ4v) is 4.17. The van der Waals surface area contributed by atoms with Crippen molar-refractivity contribution in [3.05, 3.63) is 51.5 Å². The van der Waals surface area contributed by atoms with Gasteiger partial charge in [-0.05, 0) is 36.6 Å². The van der Waals surface area contributed by atoms with Crippen LogP contribution in [0.25, 0.3) is 0 Å². The molecule has 2 unspecified atom stereocenters. The minimum Gasteiger partial charge on any atom is -0.496 e. The van der Waals surface area contributed by atoms with E-state index >= 15 is 0 Å². The van der Waals surface area contributed by atoms with Crippen molar-refractivity contribution in [2.24, 2.45) is 0 Å². The van der Waals surface area contributed by atoms with Crippen LogP contribution in [0.5, 0.6) is 17.2 Å². The Balaban J connectivity index is 2.22. The molecule has 1 aliphatic rings. The smallest absolute Gasteiger partial charge is 0.320 e. The third-order valence-corrected chi connectivity index (χ3v) is 5.94. The molecule has 6 nitrogen and oxygen atoms in total. The van der Waals surface area contributed by atoms with Gasteiger partial charge in [-0.2, -0.15) is 0 Å². The Morgan fingerprint density at radius 3 is 2.28 bits per heavy atom. The number of methoxy groups -OCH3 is 3. The number of hydrogen-bond acceptors (Lipinski definition) is 5. The summed E-state index contributed by atoms with van der Waals surface area (Å²) in [6.07, 6.45) is 1.35. The average Bonchev–Trinajstić information content (AvgIpc) is 3.20. The second-order valence-electron chi connectivity index (χ2n) is 6.76. The Bertz CT molecular complexity index is 905. The van der Waals surface area contributed by atoms with E-state index in [1.54, 1.807) is 39.5 Å². The second kappa shape index (κ2) is 9.11. The van der Waals surface area contributed by atoms with Crippen LogP contribution in [0.4, 0.5) is 0 Å². The van der Waals surface area contributed by atoms with Crippen LogP contribution in [-0.4, -0.2) is 49.9 Å². The van der Waals surface area contributed by atoms with Gasteiger partial charge in [0.1, 0.15) is 11.8 Å². The number of halogens is 2. The van der Waals surface area contributed by atoms with Gasteiger partial charge in [0.25, 0.3) is 0 Å². The highest BCUT2D eigenvalue weighted by Gasteiger charge is 2.38. The van der Waals surface area contributed by atoms with Crippen molar-refractivity contribution in [3.63, 3.8) is 0 Å². The maximum atomic E-state index is 11.9. The summed E-state index contributed by atoms with van der Waals surface area (Å²) in [7, 11) is 4.67. The summed E-state index contributed by atoms with van der Waals surface area (Å²) in [6.45, 7) is 0.624. The second-order valence-corrected chi connectivity index (χ2v) is 7.57. The van der Waals surface area contributed by atoms with Crippen molar-refractivity contribution in [2.45, 2.75) is 24.9 Å². The number of benzene rings is 2. The molecule has 0 aliphatic carbocycles. The fourth-order valence-electron chi connectivity index (χ4n) is 3.86. The molecule has 0 bridgehead atoms. The minimum absolute atomic E-state index is 0.402. The zero-order valence-electron chi connectivity index (χ0n) is 16.4. The lowest BCUT2D eigenvalue weighted by atomic mass is 9.94. The molecule has 29 heavy (non-hydrogen) atoms. The number of likely N-dealkylation sites (tertiary alicyclic amines) is 1. The highest BCUT2D eigenvalue weighted by Crippen LogP contribution is 2.44. The third kappa shape index (κ3) is 4.25. The Morgan fingerprint density at radius 1 is 1.03 bits per heavy atom. The molecule has 1 fully saturated rings. The summed E-state index contributed by atoms with van der Waals surface area (Å²) in [5.74, 6) is 0.762. The molecular formula is C21H23Cl2NO5. The van der Waals surface area contributed by atoms with Gasteiger partial charge in [0.15, 0.2) is 11.5 Å². The SMILES string of the molecule is COc1cc(OC)c(C(c2ccc(Cl)c(Cl)c2)N2CCCC2C(=O)O)cc1OC. The molecular weight excluding hydrogens is 417 g/mol. The summed E-state index contributed by atoms with van der Waals surface area (Å²) in [5.41, 5.74) is 1.58. The number of carbonyl (C=O) groups is 1. The quantitative estimate of drug-likeness (QED) is 0.676. The van der Waals surface area contributed by atoms with Crippen LogP contribution in [0.15, 0.2) is 30.3 Å². The zero-order chi connectivity index (χ0) is 21.1. The summed E-state index contributed by atoms with van der Waals surface area (Å²) in [4.78, 5) is 13.9. The summed E-state index contributed by atoms with van der Waals surface area (Å²) in [6, 6.07) is 7.86. The van der Waals surface area contributed by atoms with Crippen LogP contribution < -0.4 is 14.2 Å². The van der Waals surface area contributed by atoms with E-state index in [4.69, 9.17) is 37.4 Å². The highest BCUT2D eigenvalue weighted by molar-refractivity contribution is 6.42. The van der Waals surface area contributed by atoms with Gasteiger partial charge in [-0.15, -0.1) is 0 Å². The van der Waals surface area contributed by atoms with Crippen molar-refractivity contribution in [3.8, 4) is 17.2 Å². The maximum absolute atomic E-state index is 11.9. The first-order valence-electron chi connectivity index (χ1n) is 9.14. The highest BCUT2D eigenvalue weighted by atomic mass is 35.5. The lowest BCUT2D eigenvalue weighted by molar-refractivity contribution is -0.142. The standard InChI is InChI=1S/C21H23Cl2NO5/c1-27-17-11-19(29-3)18(28-2)10-13(17)20(12-6-7-14(22)15(23)9-12)24-8-4-5-16(24)21(25)26/h6-7,9-11,16,20H,4-5,8H2,1-3H3,(H,25,26). The maximum Gasteiger partial charge on any atom is 0.320 e. The Hall–Kier alpha value is -2.15. The monoisotopic (exact) mass is 439 g/mol. The first-order chi connectivity index (χ1) is 13.9. The lowest BCUT2D eigenvalue weighted by Gasteiger charge is -2.33. The van der Waals surface area contributed by atoms with E-state index in [0.29, 0.717) is 40.3 Å². The summed E-state index contributed by atoms with van der Waals surface area (Å²) in [5, 5.41) is 10.6. The van der Waals surface area contributed by atoms with Crippen molar-refractivity contribution < 1.29 is 24.1 Å². The molecule has 0 radical (unpaired) electrons. The van der Waals surface area contributed by atoms with Crippen molar-refractivity contribution in [1.29, 1.82) is 0 Å². The van der Waals surface area contributed by atoms with Crippen molar-refractivity contribution >= 4 is 29.2 Å². The first kappa shape index (κ1) is 21.6. The first-order valence-corrected chi connectivity index (χ1v) is 9.90. The van der Waals surface area contributed by atoms with Crippen LogP contribution in [0, 0.1) is 0 Å². The van der Waals surface area contributed by atoms with Gasteiger partial charge in [0.05, 0.1) is 37.4 Å². The summed E-state index contributed by atoms with van der Waals surface area (Å²) < 4.78 is 16.5.